The maximum atomic E-state index is 3.64. The number of rotatable bonds is 0. The van der Waals surface area contributed by atoms with Crippen LogP contribution in [0.25, 0.3) is 0 Å². The van der Waals surface area contributed by atoms with Gasteiger partial charge in [-0.3, -0.25) is 0 Å². The predicted octanol–water partition coefficient (Wildman–Crippen LogP) is 1.47. The van der Waals surface area contributed by atoms with Crippen molar-refractivity contribution in [3.8, 4) is 0 Å². The van der Waals surface area contributed by atoms with Crippen LogP contribution in [0.2, 0.25) is 0 Å². The summed E-state index contributed by atoms with van der Waals surface area (Å²) in [6.07, 6.45) is 0. The Bertz CT molecular complexity index is 8.36. The van der Waals surface area contributed by atoms with E-state index in [9.17, 15) is 0 Å². The van der Waals surface area contributed by atoms with Crippen LogP contribution in [0.4, 0.5) is 0 Å². The molecule has 0 heterocycles. The molecule has 0 aromatic heterocycles. The zero-order valence-corrected chi connectivity index (χ0v) is 4.97. The molecule has 5 heavy (non-hydrogen) atoms. The average molecular weight is 109 g/mol. The molecule has 0 aliphatic rings. The molecular weight excluding hydrogens is 100 g/mol. The van der Waals surface area contributed by atoms with Crippen molar-refractivity contribution in [1.29, 1.82) is 0 Å². The molecule has 1 heteroatoms. The smallest absolute Gasteiger partial charge is 0 e. The second kappa shape index (κ2) is 4.53. The zero-order chi connectivity index (χ0) is 3.58. The topological polar surface area (TPSA) is 0 Å². The first-order valence-electron chi connectivity index (χ1n) is 1.56. The van der Waals surface area contributed by atoms with Gasteiger partial charge in [-0.05, 0) is 0 Å². The van der Waals surface area contributed by atoms with E-state index < -0.39 is 0 Å². The Morgan fingerprint density at radius 1 is 1.40 bits per heavy atom. The van der Waals surface area contributed by atoms with Gasteiger partial charge in [0.05, 0.1) is 0 Å². The largest absolute Gasteiger partial charge is 0.341 e. The second-order valence-corrected chi connectivity index (χ2v) is 1.39. The molecule has 0 N–H and O–H groups in total. The molecule has 0 amide bonds. The second-order valence-electron chi connectivity index (χ2n) is 1.39. The van der Waals surface area contributed by atoms with Crippen molar-refractivity contribution in [1.82, 2.24) is 0 Å². The van der Waals surface area contributed by atoms with Crippen LogP contribution < -0.4 is 0 Å². The summed E-state index contributed by atoms with van der Waals surface area (Å²) in [5, 5.41) is 0. The maximum Gasteiger partial charge on any atom is 0 e. The normalized spacial score (nSPS) is 7.20. The van der Waals surface area contributed by atoms with Gasteiger partial charge in [0.15, 0.2) is 0 Å². The van der Waals surface area contributed by atoms with Crippen LogP contribution in [0, 0.1) is 12.8 Å². The van der Waals surface area contributed by atoms with E-state index in [1.165, 1.54) is 0 Å². The van der Waals surface area contributed by atoms with Crippen molar-refractivity contribution in [3.63, 3.8) is 0 Å². The van der Waals surface area contributed by atoms with E-state index >= 15 is 0 Å². The average Bonchev–Trinajstić information content (AvgIpc) is 0.811. The van der Waals surface area contributed by atoms with E-state index in [4.69, 9.17) is 0 Å². The minimum Gasteiger partial charge on any atom is -0.341 e. The molecule has 0 unspecified atom stereocenters. The van der Waals surface area contributed by atoms with Crippen LogP contribution in [0.1, 0.15) is 13.8 Å². The Labute approximate surface area is 44.7 Å². The van der Waals surface area contributed by atoms with E-state index in [1.54, 1.807) is 0 Å². The van der Waals surface area contributed by atoms with Crippen LogP contribution in [-0.2, 0) is 17.4 Å². The van der Waals surface area contributed by atoms with Crippen molar-refractivity contribution < 1.29 is 17.4 Å². The van der Waals surface area contributed by atoms with Crippen LogP contribution in [0.15, 0.2) is 0 Å². The molecule has 0 nitrogen and oxygen atoms in total. The van der Waals surface area contributed by atoms with Gasteiger partial charge in [-0.1, -0.05) is 13.8 Å². The first-order valence-corrected chi connectivity index (χ1v) is 1.56. The van der Waals surface area contributed by atoms with Crippen LogP contribution in [-0.4, -0.2) is 0 Å². The molecule has 0 saturated carbocycles. The van der Waals surface area contributed by atoms with E-state index in [0.29, 0.717) is 5.92 Å². The van der Waals surface area contributed by atoms with Crippen LogP contribution in [0.5, 0.6) is 0 Å². The molecule has 0 radical (unpaired) electrons. The summed E-state index contributed by atoms with van der Waals surface area (Å²) >= 11 is 0. The zero-order valence-electron chi connectivity index (χ0n) is 3.69. The molecule has 0 atom stereocenters. The molecule has 0 aromatic rings. The van der Waals surface area contributed by atoms with Crippen molar-refractivity contribution in [2.75, 3.05) is 0 Å². The van der Waals surface area contributed by atoms with Gasteiger partial charge in [-0.25, -0.2) is 0 Å². The quantitative estimate of drug-likeness (QED) is 0.413. The maximum absolute atomic E-state index is 3.64. The molecule has 0 spiro atoms. The predicted molar refractivity (Wildman–Crippen MR) is 20.2 cm³/mol. The van der Waals surface area contributed by atoms with E-state index in [-0.39, 0.29) is 17.4 Å². The van der Waals surface area contributed by atoms with Gasteiger partial charge in [0.1, 0.15) is 0 Å². The van der Waals surface area contributed by atoms with E-state index in [0.717, 1.165) is 0 Å². The van der Waals surface area contributed by atoms with Crippen molar-refractivity contribution in [3.05, 3.63) is 6.92 Å². The molecule has 0 rings (SSSR count). The van der Waals surface area contributed by atoms with Crippen molar-refractivity contribution >= 4 is 0 Å². The fraction of sp³-hybridized carbons (Fsp3) is 0.750. The first kappa shape index (κ1) is 9.11. The third-order valence-electron chi connectivity index (χ3n) is 0. The third-order valence-corrected chi connectivity index (χ3v) is 0. The van der Waals surface area contributed by atoms with Gasteiger partial charge in [0, 0.05) is 17.4 Å². The van der Waals surface area contributed by atoms with Crippen LogP contribution in [0.3, 0.4) is 0 Å². The van der Waals surface area contributed by atoms with Gasteiger partial charge in [-0.15, -0.1) is 0 Å². The summed E-state index contributed by atoms with van der Waals surface area (Å²) in [6, 6.07) is 0. The molecule has 32 valence electrons. The Hall–Kier alpha value is 0.532. The van der Waals surface area contributed by atoms with Gasteiger partial charge >= 0.3 is 0 Å². The summed E-state index contributed by atoms with van der Waals surface area (Å²) in [5.41, 5.74) is 0. The molecule has 0 fully saturated rings. The minimum absolute atomic E-state index is 0. The Morgan fingerprint density at radius 2 is 1.40 bits per heavy atom. The summed E-state index contributed by atoms with van der Waals surface area (Å²) < 4.78 is 0. The third kappa shape index (κ3) is 103. The Kier molecular flexibility index (Phi) is 8.26. The van der Waals surface area contributed by atoms with Gasteiger partial charge in [0.2, 0.25) is 0 Å². The van der Waals surface area contributed by atoms with E-state index in [2.05, 4.69) is 20.8 Å². The standard InChI is InChI=1S/C4H9.Cr/c1-4(2)3;/h4H,1H2,2-3H3;/q-1;. The molecular formula is C4H9Cr-. The minimum atomic E-state index is 0. The Balaban J connectivity index is 0. The first-order chi connectivity index (χ1) is 1.73. The van der Waals surface area contributed by atoms with E-state index in [1.807, 2.05) is 0 Å². The monoisotopic (exact) mass is 109 g/mol. The van der Waals surface area contributed by atoms with Crippen LogP contribution >= 0.6 is 0 Å². The summed E-state index contributed by atoms with van der Waals surface area (Å²) in [5.74, 6) is 0.583. The summed E-state index contributed by atoms with van der Waals surface area (Å²) in [6.45, 7) is 7.75. The summed E-state index contributed by atoms with van der Waals surface area (Å²) in [4.78, 5) is 0. The fourth-order valence-corrected chi connectivity index (χ4v) is 0. The van der Waals surface area contributed by atoms with Crippen molar-refractivity contribution in [2.24, 2.45) is 5.92 Å². The van der Waals surface area contributed by atoms with Gasteiger partial charge in [0.25, 0.3) is 0 Å². The molecule has 0 aliphatic heterocycles. The Morgan fingerprint density at radius 3 is 1.40 bits per heavy atom. The molecule has 0 aromatic carbocycles. The summed E-state index contributed by atoms with van der Waals surface area (Å²) in [7, 11) is 0. The van der Waals surface area contributed by atoms with Gasteiger partial charge in [-0.2, -0.15) is 5.92 Å². The van der Waals surface area contributed by atoms with Gasteiger partial charge < -0.3 is 6.92 Å². The van der Waals surface area contributed by atoms with Crippen molar-refractivity contribution in [2.45, 2.75) is 13.8 Å². The molecule has 0 aliphatic carbocycles. The molecule has 0 saturated heterocycles. The SMILES string of the molecule is [CH2-]C(C)C.[Cr]. The number of hydrogen-bond donors (Lipinski definition) is 0. The molecule has 0 bridgehead atoms. The fourth-order valence-electron chi connectivity index (χ4n) is 0. The number of hydrogen-bond acceptors (Lipinski definition) is 0.